The van der Waals surface area contributed by atoms with E-state index in [0.29, 0.717) is 6.04 Å². The Morgan fingerprint density at radius 2 is 1.90 bits per heavy atom. The molecule has 3 nitrogen and oxygen atoms in total. The third-order valence-corrected chi connectivity index (χ3v) is 4.40. The quantitative estimate of drug-likeness (QED) is 0.868. The van der Waals surface area contributed by atoms with E-state index in [1.165, 1.54) is 18.4 Å². The van der Waals surface area contributed by atoms with Gasteiger partial charge in [-0.2, -0.15) is 0 Å². The van der Waals surface area contributed by atoms with Crippen LogP contribution in [0.2, 0.25) is 0 Å². The predicted molar refractivity (Wildman–Crippen MR) is 82.2 cm³/mol. The van der Waals surface area contributed by atoms with Crippen LogP contribution in [0.25, 0.3) is 0 Å². The van der Waals surface area contributed by atoms with Crippen LogP contribution in [-0.2, 0) is 6.42 Å². The Kier molecular flexibility index (Phi) is 5.86. The monoisotopic (exact) mass is 277 g/mol. The van der Waals surface area contributed by atoms with Crippen molar-refractivity contribution in [3.05, 3.63) is 29.8 Å². The van der Waals surface area contributed by atoms with Crippen molar-refractivity contribution in [1.29, 1.82) is 0 Å². The molecule has 0 bridgehead atoms. The van der Waals surface area contributed by atoms with Crippen LogP contribution < -0.4 is 4.74 Å². The van der Waals surface area contributed by atoms with Crippen LogP contribution in [0.1, 0.15) is 37.7 Å². The van der Waals surface area contributed by atoms with Gasteiger partial charge in [0.25, 0.3) is 0 Å². The molecule has 1 aromatic carbocycles. The Labute approximate surface area is 122 Å². The molecule has 1 aromatic rings. The topological polar surface area (TPSA) is 32.7 Å². The van der Waals surface area contributed by atoms with Crippen LogP contribution in [-0.4, -0.2) is 42.9 Å². The fourth-order valence-electron chi connectivity index (χ4n) is 3.10. The second kappa shape index (κ2) is 7.65. The molecule has 1 N–H and O–H groups in total. The normalized spacial score (nSPS) is 23.0. The van der Waals surface area contributed by atoms with Gasteiger partial charge in [0, 0.05) is 6.04 Å². The van der Waals surface area contributed by atoms with Gasteiger partial charge < -0.3 is 14.7 Å². The summed E-state index contributed by atoms with van der Waals surface area (Å²) in [6.45, 7) is 1.05. The molecular weight excluding hydrogens is 250 g/mol. The Bertz CT molecular complexity index is 390. The maximum absolute atomic E-state index is 10.1. The fourth-order valence-corrected chi connectivity index (χ4v) is 3.10. The molecule has 0 radical (unpaired) electrons. The molecule has 2 unspecified atom stereocenters. The van der Waals surface area contributed by atoms with Crippen LogP contribution in [0.5, 0.6) is 5.75 Å². The molecule has 0 aliphatic heterocycles. The summed E-state index contributed by atoms with van der Waals surface area (Å²) >= 11 is 0. The average Bonchev–Trinajstić information content (AvgIpc) is 2.48. The van der Waals surface area contributed by atoms with Gasteiger partial charge in [-0.05, 0) is 57.0 Å². The van der Waals surface area contributed by atoms with Gasteiger partial charge >= 0.3 is 0 Å². The van der Waals surface area contributed by atoms with Gasteiger partial charge in [-0.25, -0.2) is 0 Å². The number of ether oxygens (including phenoxy) is 1. The van der Waals surface area contributed by atoms with E-state index in [0.717, 1.165) is 38.0 Å². The van der Waals surface area contributed by atoms with E-state index in [-0.39, 0.29) is 6.10 Å². The van der Waals surface area contributed by atoms with Crippen molar-refractivity contribution in [1.82, 2.24) is 4.90 Å². The first kappa shape index (κ1) is 15.3. The van der Waals surface area contributed by atoms with E-state index in [1.807, 2.05) is 12.1 Å². The van der Waals surface area contributed by atoms with Crippen LogP contribution >= 0.6 is 0 Å². The number of likely N-dealkylation sites (N-methyl/N-ethyl adjacent to an activating group) is 1. The molecule has 0 saturated heterocycles. The Hall–Kier alpha value is -1.06. The number of nitrogens with zero attached hydrogens (tertiary/aromatic N) is 1. The number of hydrogen-bond acceptors (Lipinski definition) is 3. The van der Waals surface area contributed by atoms with Crippen LogP contribution in [0, 0.1) is 0 Å². The van der Waals surface area contributed by atoms with Gasteiger partial charge in [-0.1, -0.05) is 25.0 Å². The van der Waals surface area contributed by atoms with Crippen molar-refractivity contribution in [3.8, 4) is 5.75 Å². The minimum atomic E-state index is -0.130. The zero-order valence-electron chi connectivity index (χ0n) is 12.7. The molecule has 0 spiro atoms. The SMILES string of the molecule is COc1ccc(CCCN(C)C2CCCCC2O)cc1. The Morgan fingerprint density at radius 3 is 2.55 bits per heavy atom. The molecule has 0 heterocycles. The minimum Gasteiger partial charge on any atom is -0.497 e. The second-order valence-corrected chi connectivity index (χ2v) is 5.85. The smallest absolute Gasteiger partial charge is 0.118 e. The molecule has 112 valence electrons. The highest BCUT2D eigenvalue weighted by Gasteiger charge is 2.25. The minimum absolute atomic E-state index is 0.130. The summed E-state index contributed by atoms with van der Waals surface area (Å²) in [6.07, 6.45) is 6.62. The van der Waals surface area contributed by atoms with E-state index < -0.39 is 0 Å². The van der Waals surface area contributed by atoms with E-state index in [1.54, 1.807) is 7.11 Å². The molecule has 2 atom stereocenters. The first-order valence-electron chi connectivity index (χ1n) is 7.72. The van der Waals surface area contributed by atoms with Crippen molar-refractivity contribution >= 4 is 0 Å². The molecule has 1 aliphatic rings. The lowest BCUT2D eigenvalue weighted by atomic mass is 9.91. The first-order valence-corrected chi connectivity index (χ1v) is 7.72. The number of aliphatic hydroxyl groups is 1. The summed E-state index contributed by atoms with van der Waals surface area (Å²) in [5, 5.41) is 10.1. The maximum Gasteiger partial charge on any atom is 0.118 e. The first-order chi connectivity index (χ1) is 9.70. The summed E-state index contributed by atoms with van der Waals surface area (Å²) in [5.74, 6) is 0.913. The zero-order valence-corrected chi connectivity index (χ0v) is 12.7. The van der Waals surface area contributed by atoms with E-state index >= 15 is 0 Å². The van der Waals surface area contributed by atoms with Crippen LogP contribution in [0.15, 0.2) is 24.3 Å². The number of benzene rings is 1. The molecule has 2 rings (SSSR count). The summed E-state index contributed by atoms with van der Waals surface area (Å²) in [5.41, 5.74) is 1.35. The molecule has 1 fully saturated rings. The number of rotatable bonds is 6. The molecule has 0 aromatic heterocycles. The largest absolute Gasteiger partial charge is 0.497 e. The molecule has 3 heteroatoms. The fraction of sp³-hybridized carbons (Fsp3) is 0.647. The summed E-state index contributed by atoms with van der Waals surface area (Å²) in [6, 6.07) is 8.66. The van der Waals surface area contributed by atoms with Crippen molar-refractivity contribution < 1.29 is 9.84 Å². The lowest BCUT2D eigenvalue weighted by Gasteiger charge is -2.35. The van der Waals surface area contributed by atoms with Gasteiger partial charge in [-0.3, -0.25) is 0 Å². The highest BCUT2D eigenvalue weighted by molar-refractivity contribution is 5.27. The molecular formula is C17H27NO2. The summed E-state index contributed by atoms with van der Waals surface area (Å²) in [7, 11) is 3.84. The average molecular weight is 277 g/mol. The third-order valence-electron chi connectivity index (χ3n) is 4.40. The number of aliphatic hydroxyl groups excluding tert-OH is 1. The van der Waals surface area contributed by atoms with E-state index in [9.17, 15) is 5.11 Å². The van der Waals surface area contributed by atoms with Crippen molar-refractivity contribution in [2.24, 2.45) is 0 Å². The highest BCUT2D eigenvalue weighted by Crippen LogP contribution is 2.22. The highest BCUT2D eigenvalue weighted by atomic mass is 16.5. The number of methoxy groups -OCH3 is 1. The molecule has 20 heavy (non-hydrogen) atoms. The van der Waals surface area contributed by atoms with Crippen molar-refractivity contribution in [2.45, 2.75) is 50.7 Å². The zero-order chi connectivity index (χ0) is 14.4. The van der Waals surface area contributed by atoms with Crippen molar-refractivity contribution in [3.63, 3.8) is 0 Å². The maximum atomic E-state index is 10.1. The summed E-state index contributed by atoms with van der Waals surface area (Å²) in [4.78, 5) is 2.34. The number of hydrogen-bond donors (Lipinski definition) is 1. The Balaban J connectivity index is 1.74. The standard InChI is InChI=1S/C17H27NO2/c1-18(16-7-3-4-8-17(16)19)13-5-6-14-9-11-15(20-2)12-10-14/h9-12,16-17,19H,3-8,13H2,1-2H3. The van der Waals surface area contributed by atoms with E-state index in [2.05, 4.69) is 24.1 Å². The Morgan fingerprint density at radius 1 is 1.20 bits per heavy atom. The van der Waals surface area contributed by atoms with Crippen LogP contribution in [0.4, 0.5) is 0 Å². The molecule has 0 amide bonds. The lowest BCUT2D eigenvalue weighted by Crippen LogP contribution is -2.43. The van der Waals surface area contributed by atoms with Gasteiger partial charge in [0.15, 0.2) is 0 Å². The molecule has 1 saturated carbocycles. The van der Waals surface area contributed by atoms with Crippen molar-refractivity contribution in [2.75, 3.05) is 20.7 Å². The van der Waals surface area contributed by atoms with E-state index in [4.69, 9.17) is 4.74 Å². The second-order valence-electron chi connectivity index (χ2n) is 5.85. The van der Waals surface area contributed by atoms with Crippen LogP contribution in [0.3, 0.4) is 0 Å². The van der Waals surface area contributed by atoms with Gasteiger partial charge in [0.2, 0.25) is 0 Å². The summed E-state index contributed by atoms with van der Waals surface area (Å²) < 4.78 is 5.17. The predicted octanol–water partition coefficient (Wildman–Crippen LogP) is 2.86. The third kappa shape index (κ3) is 4.22. The number of aryl methyl sites for hydroxylation is 1. The lowest BCUT2D eigenvalue weighted by molar-refractivity contribution is 0.0319. The molecule has 1 aliphatic carbocycles. The van der Waals surface area contributed by atoms with Gasteiger partial charge in [0.1, 0.15) is 5.75 Å². The van der Waals surface area contributed by atoms with Gasteiger partial charge in [0.05, 0.1) is 13.2 Å². The van der Waals surface area contributed by atoms with Gasteiger partial charge in [-0.15, -0.1) is 0 Å².